The highest BCUT2D eigenvalue weighted by Gasteiger charge is 2.35. The van der Waals surface area contributed by atoms with Crippen LogP contribution in [0.4, 0.5) is 24.5 Å². The van der Waals surface area contributed by atoms with Crippen LogP contribution in [0.2, 0.25) is 0 Å². The molecule has 2 aromatic carbocycles. The van der Waals surface area contributed by atoms with Gasteiger partial charge in [-0.2, -0.15) is 13.2 Å². The van der Waals surface area contributed by atoms with Gasteiger partial charge >= 0.3 is 12.1 Å². The number of alkyl halides is 3. The second kappa shape index (κ2) is 7.46. The molecule has 2 heterocycles. The molecule has 0 fully saturated rings. The molecule has 0 spiro atoms. The van der Waals surface area contributed by atoms with Crippen molar-refractivity contribution in [3.63, 3.8) is 0 Å². The molecule has 1 atom stereocenters. The predicted molar refractivity (Wildman–Crippen MR) is 106 cm³/mol. The Morgan fingerprint density at radius 2 is 1.90 bits per heavy atom. The van der Waals surface area contributed by atoms with Crippen molar-refractivity contribution in [1.29, 1.82) is 0 Å². The topological polar surface area (TPSA) is 91.5 Å². The summed E-state index contributed by atoms with van der Waals surface area (Å²) in [6.45, 7) is 0.928. The second-order valence-corrected chi connectivity index (χ2v) is 7.00. The Morgan fingerprint density at radius 1 is 1.16 bits per heavy atom. The molecule has 2 amide bonds. The first-order chi connectivity index (χ1) is 14.6. The Bertz CT molecular complexity index is 1200. The molecule has 10 heteroatoms. The molecule has 2 N–H and O–H groups in total. The van der Waals surface area contributed by atoms with Crippen molar-refractivity contribution in [2.24, 2.45) is 0 Å². The highest BCUT2D eigenvalue weighted by atomic mass is 19.4. The van der Waals surface area contributed by atoms with Crippen LogP contribution in [0.1, 0.15) is 22.8 Å². The number of amides is 2. The molecule has 7 nitrogen and oxygen atoms in total. The number of rotatable bonds is 3. The third kappa shape index (κ3) is 3.83. The van der Waals surface area contributed by atoms with E-state index in [-0.39, 0.29) is 16.9 Å². The number of benzene rings is 2. The van der Waals surface area contributed by atoms with E-state index in [2.05, 4.69) is 10.3 Å². The summed E-state index contributed by atoms with van der Waals surface area (Å²) in [6.07, 6.45) is -4.41. The molecule has 4 rings (SSSR count). The van der Waals surface area contributed by atoms with Gasteiger partial charge in [-0.05, 0) is 31.2 Å². The number of hydrogen-bond acceptors (Lipinski definition) is 4. The number of H-pyrrole nitrogens is 1. The number of fused-ring (bicyclic) bond motifs is 2. The third-order valence-corrected chi connectivity index (χ3v) is 4.90. The summed E-state index contributed by atoms with van der Waals surface area (Å²) in [6, 6.07) is 9.72. The van der Waals surface area contributed by atoms with Crippen molar-refractivity contribution in [3.05, 3.63) is 59.8 Å². The van der Waals surface area contributed by atoms with Crippen LogP contribution < -0.4 is 10.2 Å². The fourth-order valence-electron chi connectivity index (χ4n) is 3.40. The van der Waals surface area contributed by atoms with Gasteiger partial charge in [-0.25, -0.2) is 4.79 Å². The van der Waals surface area contributed by atoms with E-state index >= 15 is 0 Å². The average Bonchev–Trinajstić information content (AvgIpc) is 3.15. The Morgan fingerprint density at radius 3 is 2.65 bits per heavy atom. The number of carbonyl (C=O) groups is 3. The fraction of sp³-hybridized carbons (Fsp3) is 0.190. The minimum atomic E-state index is -4.60. The van der Waals surface area contributed by atoms with Gasteiger partial charge < -0.3 is 15.0 Å². The maximum Gasteiger partial charge on any atom is 0.416 e. The van der Waals surface area contributed by atoms with Crippen LogP contribution in [-0.4, -0.2) is 35.4 Å². The highest BCUT2D eigenvalue weighted by molar-refractivity contribution is 6.12. The van der Waals surface area contributed by atoms with E-state index in [0.29, 0.717) is 5.39 Å². The number of aromatic amines is 1. The summed E-state index contributed by atoms with van der Waals surface area (Å²) in [7, 11) is 0. The Hall–Kier alpha value is -3.82. The number of anilines is 2. The maximum absolute atomic E-state index is 13.0. The van der Waals surface area contributed by atoms with Gasteiger partial charge in [0, 0.05) is 17.1 Å². The molecule has 0 saturated heterocycles. The van der Waals surface area contributed by atoms with Crippen molar-refractivity contribution < 1.29 is 32.3 Å². The van der Waals surface area contributed by atoms with Crippen LogP contribution in [0.15, 0.2) is 48.7 Å². The van der Waals surface area contributed by atoms with Gasteiger partial charge in [0.1, 0.15) is 6.54 Å². The standard InChI is InChI=1S/C21H16F3N3O4/c1-11(31-20(30)14-9-25-15-5-3-2-4-13(14)15)19(29)27-10-18(28)26-16-8-12(21(22,23)24)6-7-17(16)27/h2-9,11,25H,10H2,1H3,(H,26,28). The van der Waals surface area contributed by atoms with E-state index < -0.39 is 42.2 Å². The van der Waals surface area contributed by atoms with Crippen LogP contribution in [0, 0.1) is 0 Å². The summed E-state index contributed by atoms with van der Waals surface area (Å²) in [5, 5.41) is 2.95. The molecule has 1 aliphatic rings. The van der Waals surface area contributed by atoms with Crippen LogP contribution in [0.5, 0.6) is 0 Å². The van der Waals surface area contributed by atoms with Crippen LogP contribution in [0.25, 0.3) is 10.9 Å². The average molecular weight is 431 g/mol. The van der Waals surface area contributed by atoms with Crippen molar-refractivity contribution in [2.45, 2.75) is 19.2 Å². The van der Waals surface area contributed by atoms with Gasteiger partial charge in [-0.15, -0.1) is 0 Å². The molecule has 0 bridgehead atoms. The lowest BCUT2D eigenvalue weighted by molar-refractivity contribution is -0.137. The maximum atomic E-state index is 13.0. The minimum absolute atomic E-state index is 0.0904. The molecular formula is C21H16F3N3O4. The largest absolute Gasteiger partial charge is 0.449 e. The van der Waals surface area contributed by atoms with Crippen molar-refractivity contribution in [2.75, 3.05) is 16.8 Å². The summed E-state index contributed by atoms with van der Waals surface area (Å²) in [5.41, 5.74) is -0.0563. The molecule has 0 saturated carbocycles. The van der Waals surface area contributed by atoms with Crippen LogP contribution in [-0.2, 0) is 20.5 Å². The summed E-state index contributed by atoms with van der Waals surface area (Å²) in [5.74, 6) is -2.13. The quantitative estimate of drug-likeness (QED) is 0.619. The number of carbonyl (C=O) groups excluding carboxylic acids is 3. The Labute approximate surface area is 173 Å². The molecule has 0 radical (unpaired) electrons. The normalized spacial score (nSPS) is 14.7. The number of esters is 1. The summed E-state index contributed by atoms with van der Waals surface area (Å²) >= 11 is 0. The Balaban J connectivity index is 1.56. The molecule has 31 heavy (non-hydrogen) atoms. The zero-order valence-corrected chi connectivity index (χ0v) is 16.1. The minimum Gasteiger partial charge on any atom is -0.449 e. The first-order valence-electron chi connectivity index (χ1n) is 9.24. The number of halogens is 3. The number of nitrogens with one attached hydrogen (secondary N) is 2. The zero-order chi connectivity index (χ0) is 22.3. The van der Waals surface area contributed by atoms with E-state index in [1.807, 2.05) is 0 Å². The fourth-order valence-corrected chi connectivity index (χ4v) is 3.40. The zero-order valence-electron chi connectivity index (χ0n) is 16.1. The van der Waals surface area contributed by atoms with Gasteiger partial charge in [0.25, 0.3) is 5.91 Å². The lowest BCUT2D eigenvalue weighted by Crippen LogP contribution is -2.47. The number of aromatic nitrogens is 1. The molecule has 1 unspecified atom stereocenters. The lowest BCUT2D eigenvalue weighted by Gasteiger charge is -2.31. The van der Waals surface area contributed by atoms with E-state index in [9.17, 15) is 27.6 Å². The van der Waals surface area contributed by atoms with Crippen LogP contribution in [0.3, 0.4) is 0 Å². The number of hydrogen-bond donors (Lipinski definition) is 2. The first-order valence-corrected chi connectivity index (χ1v) is 9.24. The lowest BCUT2D eigenvalue weighted by atomic mass is 10.1. The summed E-state index contributed by atoms with van der Waals surface area (Å²) < 4.78 is 44.2. The smallest absolute Gasteiger partial charge is 0.416 e. The van der Waals surface area contributed by atoms with Gasteiger partial charge in [0.15, 0.2) is 6.10 Å². The number of para-hydroxylation sites is 1. The molecule has 3 aromatic rings. The predicted octanol–water partition coefficient (Wildman–Crippen LogP) is 3.72. The molecule has 0 aliphatic carbocycles. The second-order valence-electron chi connectivity index (χ2n) is 7.00. The van der Waals surface area contributed by atoms with Crippen LogP contribution >= 0.6 is 0 Å². The molecule has 1 aliphatic heterocycles. The van der Waals surface area contributed by atoms with Crippen molar-refractivity contribution in [3.8, 4) is 0 Å². The highest BCUT2D eigenvalue weighted by Crippen LogP contribution is 2.37. The summed E-state index contributed by atoms with van der Waals surface area (Å²) in [4.78, 5) is 41.4. The first kappa shape index (κ1) is 20.5. The van der Waals surface area contributed by atoms with Gasteiger partial charge in [-0.1, -0.05) is 18.2 Å². The SMILES string of the molecule is CC(OC(=O)c1c[nH]c2ccccc12)C(=O)N1CC(=O)Nc2cc(C(F)(F)F)ccc21. The van der Waals surface area contributed by atoms with Crippen molar-refractivity contribution >= 4 is 40.1 Å². The van der Waals surface area contributed by atoms with E-state index in [1.54, 1.807) is 24.3 Å². The van der Waals surface area contributed by atoms with Crippen molar-refractivity contribution in [1.82, 2.24) is 4.98 Å². The molecule has 160 valence electrons. The Kier molecular flexibility index (Phi) is 4.92. The number of ether oxygens (including phenoxy) is 1. The van der Waals surface area contributed by atoms with Gasteiger partial charge in [-0.3, -0.25) is 14.5 Å². The number of nitrogens with zero attached hydrogens (tertiary/aromatic N) is 1. The molecule has 1 aromatic heterocycles. The van der Waals surface area contributed by atoms with Gasteiger partial charge in [0.2, 0.25) is 5.91 Å². The van der Waals surface area contributed by atoms with Gasteiger partial charge in [0.05, 0.1) is 22.5 Å². The van der Waals surface area contributed by atoms with E-state index in [1.165, 1.54) is 13.1 Å². The third-order valence-electron chi connectivity index (χ3n) is 4.90. The molecular weight excluding hydrogens is 415 g/mol. The van der Waals surface area contributed by atoms with E-state index in [4.69, 9.17) is 4.74 Å². The van der Waals surface area contributed by atoms with E-state index in [0.717, 1.165) is 28.6 Å². The monoisotopic (exact) mass is 431 g/mol.